The third-order valence-corrected chi connectivity index (χ3v) is 5.99. The van der Waals surface area contributed by atoms with Crippen LogP contribution in [0.1, 0.15) is 94.8 Å². The summed E-state index contributed by atoms with van der Waals surface area (Å²) >= 11 is 0. The summed E-state index contributed by atoms with van der Waals surface area (Å²) in [5, 5.41) is 18.5. The van der Waals surface area contributed by atoms with Crippen molar-refractivity contribution in [1.82, 2.24) is 9.80 Å². The highest BCUT2D eigenvalue weighted by Crippen LogP contribution is 2.33. The number of carboxylic acids is 2. The maximum Gasteiger partial charge on any atom is 0.335 e. The number of hydrogen-bond donors (Lipinski definition) is 2. The summed E-state index contributed by atoms with van der Waals surface area (Å²) in [6.45, 7) is 1.94. The number of carbonyl (C=O) groups is 6. The molecule has 10 nitrogen and oxygen atoms in total. The highest BCUT2D eigenvalue weighted by molar-refractivity contribution is 6.25. The molecule has 2 heterocycles. The van der Waals surface area contributed by atoms with Crippen molar-refractivity contribution in [3.8, 4) is 0 Å². The van der Waals surface area contributed by atoms with Gasteiger partial charge in [0.05, 0.1) is 33.4 Å². The molecule has 4 amide bonds. The molecule has 0 aliphatic carbocycles. The van der Waals surface area contributed by atoms with Crippen molar-refractivity contribution in [2.75, 3.05) is 0 Å². The van der Waals surface area contributed by atoms with Gasteiger partial charge in [-0.15, -0.1) is 0 Å². The second-order valence-electron chi connectivity index (χ2n) is 8.07. The minimum atomic E-state index is -1.27. The van der Waals surface area contributed by atoms with Crippen LogP contribution in [0.15, 0.2) is 36.4 Å². The lowest BCUT2D eigenvalue weighted by atomic mass is 10.1. The van der Waals surface area contributed by atoms with Gasteiger partial charge in [0.1, 0.15) is 6.17 Å². The first kappa shape index (κ1) is 22.8. The average Bonchev–Trinajstić information content (AvgIpc) is 3.21. The molecule has 2 aliphatic heterocycles. The summed E-state index contributed by atoms with van der Waals surface area (Å²) in [6.07, 6.45) is 0.911. The van der Waals surface area contributed by atoms with Crippen LogP contribution in [-0.2, 0) is 0 Å². The third-order valence-electron chi connectivity index (χ3n) is 5.99. The zero-order valence-electron chi connectivity index (χ0n) is 18.1. The lowest BCUT2D eigenvalue weighted by Crippen LogP contribution is -2.53. The molecule has 0 saturated carbocycles. The van der Waals surface area contributed by atoms with Crippen LogP contribution in [0.3, 0.4) is 0 Å². The van der Waals surface area contributed by atoms with Crippen molar-refractivity contribution in [1.29, 1.82) is 0 Å². The second kappa shape index (κ2) is 8.54. The number of rotatable bonds is 8. The lowest BCUT2D eigenvalue weighted by Gasteiger charge is -2.32. The van der Waals surface area contributed by atoms with Crippen LogP contribution in [0, 0.1) is 0 Å². The Morgan fingerprint density at radius 3 is 1.50 bits per heavy atom. The molecule has 2 aromatic rings. The van der Waals surface area contributed by atoms with Crippen LogP contribution in [0.5, 0.6) is 0 Å². The Balaban J connectivity index is 1.75. The molecule has 174 valence electrons. The van der Waals surface area contributed by atoms with E-state index >= 15 is 0 Å². The first-order chi connectivity index (χ1) is 16.2. The van der Waals surface area contributed by atoms with E-state index in [1.807, 2.05) is 6.92 Å². The van der Waals surface area contributed by atoms with E-state index in [9.17, 15) is 39.0 Å². The molecule has 0 bridgehead atoms. The number of aromatic carboxylic acids is 2. The van der Waals surface area contributed by atoms with Crippen LogP contribution < -0.4 is 0 Å². The van der Waals surface area contributed by atoms with Gasteiger partial charge in [0.25, 0.3) is 23.6 Å². The molecule has 10 heteroatoms. The standard InChI is InChI=1S/C24H20N2O8/c1-2-3-4-5-18(25-19(27)14-8-6-12(23(31)32)10-16(14)21(25)29)26-20(28)15-9-7-13(24(33)34)11-17(15)22(26)30/h6-11,18H,2-5H2,1H3,(H,31,32)(H,33,34). The Morgan fingerprint density at radius 1 is 0.706 bits per heavy atom. The largest absolute Gasteiger partial charge is 0.478 e. The molecule has 0 fully saturated rings. The van der Waals surface area contributed by atoms with E-state index in [-0.39, 0.29) is 39.8 Å². The summed E-state index contributed by atoms with van der Waals surface area (Å²) in [5.41, 5.74) is -0.608. The van der Waals surface area contributed by atoms with Crippen molar-refractivity contribution in [2.24, 2.45) is 0 Å². The highest BCUT2D eigenvalue weighted by Gasteiger charge is 2.48. The Bertz CT molecular complexity index is 1190. The smallest absolute Gasteiger partial charge is 0.335 e. The van der Waals surface area contributed by atoms with Gasteiger partial charge in [0.15, 0.2) is 0 Å². The van der Waals surface area contributed by atoms with Gasteiger partial charge in [0, 0.05) is 0 Å². The summed E-state index contributed by atoms with van der Waals surface area (Å²) < 4.78 is 0. The van der Waals surface area contributed by atoms with Crippen molar-refractivity contribution in [3.05, 3.63) is 69.8 Å². The van der Waals surface area contributed by atoms with Crippen LogP contribution >= 0.6 is 0 Å². The number of hydrogen-bond acceptors (Lipinski definition) is 6. The molecule has 0 aromatic heterocycles. The molecule has 0 atom stereocenters. The number of carboxylic acid groups (broad SMARTS) is 2. The van der Waals surface area contributed by atoms with Gasteiger partial charge in [0.2, 0.25) is 0 Å². The molecule has 4 rings (SSSR count). The van der Waals surface area contributed by atoms with Gasteiger partial charge >= 0.3 is 11.9 Å². The molecule has 0 spiro atoms. The van der Waals surface area contributed by atoms with Crippen molar-refractivity contribution >= 4 is 35.6 Å². The molecular weight excluding hydrogens is 444 g/mol. The van der Waals surface area contributed by atoms with Crippen LogP contribution in [-0.4, -0.2) is 61.7 Å². The normalized spacial score (nSPS) is 14.8. The number of carbonyl (C=O) groups excluding carboxylic acids is 4. The SMILES string of the molecule is CCCCCC(N1C(=O)c2ccc(C(=O)O)cc2C1=O)N1C(=O)c2ccc(C(=O)O)cc2C1=O. The van der Waals surface area contributed by atoms with E-state index in [0.717, 1.165) is 34.8 Å². The van der Waals surface area contributed by atoms with Crippen LogP contribution in [0.4, 0.5) is 0 Å². The third kappa shape index (κ3) is 3.53. The Labute approximate surface area is 193 Å². The molecule has 2 aromatic carbocycles. The van der Waals surface area contributed by atoms with Gasteiger partial charge in [-0.2, -0.15) is 0 Å². The maximum atomic E-state index is 13.2. The number of amides is 4. The van der Waals surface area contributed by atoms with Crippen LogP contribution in [0.2, 0.25) is 0 Å². The first-order valence-electron chi connectivity index (χ1n) is 10.7. The summed E-state index contributed by atoms with van der Waals surface area (Å²) in [7, 11) is 0. The first-order valence-corrected chi connectivity index (χ1v) is 10.7. The second-order valence-corrected chi connectivity index (χ2v) is 8.07. The van der Waals surface area contributed by atoms with E-state index in [0.29, 0.717) is 6.42 Å². The molecular formula is C24H20N2O8. The fourth-order valence-electron chi connectivity index (χ4n) is 4.28. The molecule has 2 N–H and O–H groups in total. The minimum absolute atomic E-state index is 0.0136. The predicted molar refractivity (Wildman–Crippen MR) is 116 cm³/mol. The van der Waals surface area contributed by atoms with E-state index in [4.69, 9.17) is 0 Å². The number of benzene rings is 2. The molecule has 0 unspecified atom stereocenters. The fraction of sp³-hybridized carbons (Fsp3) is 0.250. The van der Waals surface area contributed by atoms with E-state index < -0.39 is 41.7 Å². The Hall–Kier alpha value is -4.34. The number of imide groups is 2. The minimum Gasteiger partial charge on any atom is -0.478 e. The zero-order chi connectivity index (χ0) is 24.7. The van der Waals surface area contributed by atoms with Gasteiger partial charge in [-0.1, -0.05) is 19.8 Å². The Morgan fingerprint density at radius 2 is 1.12 bits per heavy atom. The molecule has 0 saturated heterocycles. The fourth-order valence-corrected chi connectivity index (χ4v) is 4.28. The average molecular weight is 464 g/mol. The maximum absolute atomic E-state index is 13.2. The number of fused-ring (bicyclic) bond motifs is 2. The van der Waals surface area contributed by atoms with Crippen molar-refractivity contribution < 1.29 is 39.0 Å². The lowest BCUT2D eigenvalue weighted by molar-refractivity contribution is 0.0267. The topological polar surface area (TPSA) is 149 Å². The number of nitrogens with zero attached hydrogens (tertiary/aromatic N) is 2. The number of unbranched alkanes of at least 4 members (excludes halogenated alkanes) is 2. The van der Waals surface area contributed by atoms with E-state index in [1.165, 1.54) is 24.3 Å². The summed E-state index contributed by atoms with van der Waals surface area (Å²) in [5.74, 6) is -5.60. The highest BCUT2D eigenvalue weighted by atomic mass is 16.4. The quantitative estimate of drug-likeness (QED) is 0.447. The van der Waals surface area contributed by atoms with Crippen LogP contribution in [0.25, 0.3) is 0 Å². The summed E-state index contributed by atoms with van der Waals surface area (Å²) in [4.78, 5) is 77.1. The van der Waals surface area contributed by atoms with Gasteiger partial charge in [-0.3, -0.25) is 29.0 Å². The molecule has 2 aliphatic rings. The summed E-state index contributed by atoms with van der Waals surface area (Å²) in [6, 6.07) is 7.09. The monoisotopic (exact) mass is 464 g/mol. The predicted octanol–water partition coefficient (Wildman–Crippen LogP) is 2.88. The van der Waals surface area contributed by atoms with Crippen molar-refractivity contribution in [2.45, 2.75) is 38.8 Å². The van der Waals surface area contributed by atoms with Crippen molar-refractivity contribution in [3.63, 3.8) is 0 Å². The Kier molecular flexibility index (Phi) is 5.74. The zero-order valence-corrected chi connectivity index (χ0v) is 18.1. The molecule has 0 radical (unpaired) electrons. The van der Waals surface area contributed by atoms with Gasteiger partial charge in [-0.25, -0.2) is 9.59 Å². The van der Waals surface area contributed by atoms with Gasteiger partial charge < -0.3 is 10.2 Å². The van der Waals surface area contributed by atoms with Gasteiger partial charge in [-0.05, 0) is 49.2 Å². The molecule has 34 heavy (non-hydrogen) atoms. The van der Waals surface area contributed by atoms with E-state index in [2.05, 4.69) is 0 Å². The van der Waals surface area contributed by atoms with E-state index in [1.54, 1.807) is 0 Å².